The SMILES string of the molecule is CC(=O)Nc1cc(NCCC(C)(C)NC(=O)OC(C)(C)C)ccc1C. The molecule has 0 aliphatic heterocycles. The van der Waals surface area contributed by atoms with Crippen LogP contribution in [0.2, 0.25) is 0 Å². The summed E-state index contributed by atoms with van der Waals surface area (Å²) in [4.78, 5) is 23.1. The van der Waals surface area contributed by atoms with Crippen molar-refractivity contribution in [2.24, 2.45) is 0 Å². The zero-order valence-electron chi connectivity index (χ0n) is 16.4. The van der Waals surface area contributed by atoms with Crippen molar-refractivity contribution in [1.82, 2.24) is 5.32 Å². The van der Waals surface area contributed by atoms with Crippen molar-refractivity contribution in [2.45, 2.75) is 66.0 Å². The second-order valence-corrected chi connectivity index (χ2v) is 7.90. The monoisotopic (exact) mass is 349 g/mol. The molecule has 6 heteroatoms. The highest BCUT2D eigenvalue weighted by Crippen LogP contribution is 2.21. The molecule has 6 nitrogen and oxygen atoms in total. The molecule has 0 atom stereocenters. The van der Waals surface area contributed by atoms with Crippen LogP contribution in [0.4, 0.5) is 16.2 Å². The molecule has 25 heavy (non-hydrogen) atoms. The lowest BCUT2D eigenvalue weighted by Crippen LogP contribution is -2.46. The topological polar surface area (TPSA) is 79.5 Å². The van der Waals surface area contributed by atoms with E-state index in [1.54, 1.807) is 0 Å². The van der Waals surface area contributed by atoms with E-state index in [-0.39, 0.29) is 5.91 Å². The van der Waals surface area contributed by atoms with E-state index in [4.69, 9.17) is 4.74 Å². The van der Waals surface area contributed by atoms with Gasteiger partial charge in [0, 0.05) is 30.4 Å². The second-order valence-electron chi connectivity index (χ2n) is 7.90. The quantitative estimate of drug-likeness (QED) is 0.723. The average Bonchev–Trinajstić information content (AvgIpc) is 2.38. The molecule has 0 saturated carbocycles. The molecule has 0 aliphatic carbocycles. The first-order valence-electron chi connectivity index (χ1n) is 8.51. The Kier molecular flexibility index (Phi) is 6.85. The summed E-state index contributed by atoms with van der Waals surface area (Å²) in [6, 6.07) is 5.83. The number of alkyl carbamates (subject to hydrolysis) is 1. The number of benzene rings is 1. The maximum absolute atomic E-state index is 11.9. The number of carbonyl (C=O) groups is 2. The van der Waals surface area contributed by atoms with Gasteiger partial charge >= 0.3 is 6.09 Å². The second kappa shape index (κ2) is 8.23. The fourth-order valence-electron chi connectivity index (χ4n) is 2.22. The molecule has 0 saturated heterocycles. The predicted octanol–water partition coefficient (Wildman–Crippen LogP) is 4.06. The maximum Gasteiger partial charge on any atom is 0.408 e. The third kappa shape index (κ3) is 8.42. The third-order valence-electron chi connectivity index (χ3n) is 3.47. The van der Waals surface area contributed by atoms with Gasteiger partial charge in [-0.05, 0) is 65.7 Å². The molecule has 140 valence electrons. The molecular formula is C19H31N3O3. The molecule has 0 radical (unpaired) electrons. The van der Waals surface area contributed by atoms with Crippen LogP contribution in [0.5, 0.6) is 0 Å². The summed E-state index contributed by atoms with van der Waals surface area (Å²) < 4.78 is 5.29. The van der Waals surface area contributed by atoms with Crippen LogP contribution in [0.15, 0.2) is 18.2 Å². The smallest absolute Gasteiger partial charge is 0.408 e. The van der Waals surface area contributed by atoms with Gasteiger partial charge in [-0.1, -0.05) is 6.07 Å². The largest absolute Gasteiger partial charge is 0.444 e. The number of hydrogen-bond donors (Lipinski definition) is 3. The first kappa shape index (κ1) is 20.8. The van der Waals surface area contributed by atoms with Gasteiger partial charge in [0.15, 0.2) is 0 Å². The van der Waals surface area contributed by atoms with Gasteiger partial charge < -0.3 is 20.7 Å². The van der Waals surface area contributed by atoms with E-state index in [2.05, 4.69) is 16.0 Å². The van der Waals surface area contributed by atoms with E-state index < -0.39 is 17.2 Å². The summed E-state index contributed by atoms with van der Waals surface area (Å²) in [5, 5.41) is 9.02. The summed E-state index contributed by atoms with van der Waals surface area (Å²) in [6.45, 7) is 13.5. The number of ether oxygens (including phenoxy) is 1. The van der Waals surface area contributed by atoms with Crippen LogP contribution in [-0.4, -0.2) is 29.7 Å². The van der Waals surface area contributed by atoms with Gasteiger partial charge in [0.2, 0.25) is 5.91 Å². The van der Waals surface area contributed by atoms with E-state index in [0.29, 0.717) is 6.54 Å². The van der Waals surface area contributed by atoms with Crippen LogP contribution < -0.4 is 16.0 Å². The predicted molar refractivity (Wildman–Crippen MR) is 102 cm³/mol. The van der Waals surface area contributed by atoms with Crippen molar-refractivity contribution in [2.75, 3.05) is 17.2 Å². The average molecular weight is 349 g/mol. The summed E-state index contributed by atoms with van der Waals surface area (Å²) >= 11 is 0. The number of nitrogens with one attached hydrogen (secondary N) is 3. The van der Waals surface area contributed by atoms with Crippen LogP contribution in [0.25, 0.3) is 0 Å². The number of aryl methyl sites for hydroxylation is 1. The Balaban J connectivity index is 2.55. The van der Waals surface area contributed by atoms with Gasteiger partial charge in [-0.2, -0.15) is 0 Å². The molecule has 0 heterocycles. The summed E-state index contributed by atoms with van der Waals surface area (Å²) in [6.07, 6.45) is 0.302. The van der Waals surface area contributed by atoms with Gasteiger partial charge in [-0.3, -0.25) is 4.79 Å². The Morgan fingerprint density at radius 1 is 1.12 bits per heavy atom. The molecule has 0 spiro atoms. The van der Waals surface area contributed by atoms with Gasteiger partial charge in [-0.15, -0.1) is 0 Å². The fourth-order valence-corrected chi connectivity index (χ4v) is 2.22. The third-order valence-corrected chi connectivity index (χ3v) is 3.47. The van der Waals surface area contributed by atoms with Gasteiger partial charge in [-0.25, -0.2) is 4.79 Å². The fraction of sp³-hybridized carbons (Fsp3) is 0.579. The lowest BCUT2D eigenvalue weighted by atomic mass is 10.0. The Labute approximate surface area is 150 Å². The van der Waals surface area contributed by atoms with Crippen molar-refractivity contribution in [3.05, 3.63) is 23.8 Å². The minimum atomic E-state index is -0.513. The Bertz CT molecular complexity index is 619. The van der Waals surface area contributed by atoms with E-state index in [9.17, 15) is 9.59 Å². The maximum atomic E-state index is 11.9. The standard InChI is InChI=1S/C19H31N3O3/c1-13-8-9-15(12-16(13)21-14(2)23)20-11-10-19(6,7)22-17(24)25-18(3,4)5/h8-9,12,20H,10-11H2,1-7H3,(H,21,23)(H,22,24). The minimum absolute atomic E-state index is 0.0945. The van der Waals surface area contributed by atoms with Crippen LogP contribution in [0.1, 0.15) is 53.5 Å². The minimum Gasteiger partial charge on any atom is -0.444 e. The summed E-state index contributed by atoms with van der Waals surface area (Å²) in [5.41, 5.74) is 1.81. The highest BCUT2D eigenvalue weighted by molar-refractivity contribution is 5.90. The van der Waals surface area contributed by atoms with Crippen LogP contribution in [0, 0.1) is 6.92 Å². The van der Waals surface area contributed by atoms with Gasteiger partial charge in [0.05, 0.1) is 0 Å². The van der Waals surface area contributed by atoms with Crippen molar-refractivity contribution < 1.29 is 14.3 Å². The number of amides is 2. The zero-order chi connectivity index (χ0) is 19.3. The molecule has 1 aromatic carbocycles. The van der Waals surface area contributed by atoms with Crippen molar-refractivity contribution in [3.63, 3.8) is 0 Å². The van der Waals surface area contributed by atoms with E-state index in [1.165, 1.54) is 6.92 Å². The van der Waals surface area contributed by atoms with Crippen LogP contribution >= 0.6 is 0 Å². The molecule has 2 amide bonds. The van der Waals surface area contributed by atoms with E-state index in [1.807, 2.05) is 59.7 Å². The summed E-state index contributed by atoms with van der Waals surface area (Å²) in [5.74, 6) is -0.0945. The van der Waals surface area contributed by atoms with Crippen molar-refractivity contribution in [1.29, 1.82) is 0 Å². The number of hydrogen-bond acceptors (Lipinski definition) is 4. The van der Waals surface area contributed by atoms with Crippen molar-refractivity contribution in [3.8, 4) is 0 Å². The molecule has 0 aliphatic rings. The molecule has 0 fully saturated rings. The molecule has 0 unspecified atom stereocenters. The lowest BCUT2D eigenvalue weighted by molar-refractivity contribution is -0.114. The Morgan fingerprint density at radius 3 is 2.32 bits per heavy atom. The molecule has 0 bridgehead atoms. The number of rotatable bonds is 6. The summed E-state index contributed by atoms with van der Waals surface area (Å²) in [7, 11) is 0. The highest BCUT2D eigenvalue weighted by atomic mass is 16.6. The normalized spacial score (nSPS) is 11.6. The highest BCUT2D eigenvalue weighted by Gasteiger charge is 2.24. The van der Waals surface area contributed by atoms with Gasteiger partial charge in [0.25, 0.3) is 0 Å². The molecule has 3 N–H and O–H groups in total. The number of anilines is 2. The lowest BCUT2D eigenvalue weighted by Gasteiger charge is -2.29. The first-order valence-corrected chi connectivity index (χ1v) is 8.51. The van der Waals surface area contributed by atoms with E-state index in [0.717, 1.165) is 23.4 Å². The van der Waals surface area contributed by atoms with Crippen molar-refractivity contribution >= 4 is 23.4 Å². The van der Waals surface area contributed by atoms with E-state index >= 15 is 0 Å². The molecule has 1 rings (SSSR count). The number of carbonyl (C=O) groups excluding carboxylic acids is 2. The Morgan fingerprint density at radius 2 is 1.76 bits per heavy atom. The zero-order valence-corrected chi connectivity index (χ0v) is 16.4. The van der Waals surface area contributed by atoms with Gasteiger partial charge in [0.1, 0.15) is 5.60 Å². The van der Waals surface area contributed by atoms with Crippen LogP contribution in [0.3, 0.4) is 0 Å². The van der Waals surface area contributed by atoms with Crippen LogP contribution in [-0.2, 0) is 9.53 Å². The molecule has 0 aromatic heterocycles. The molecular weight excluding hydrogens is 318 g/mol. The Hall–Kier alpha value is -2.24. The molecule has 1 aromatic rings. The first-order chi connectivity index (χ1) is 11.4.